The van der Waals surface area contributed by atoms with Crippen LogP contribution in [0.4, 0.5) is 10.1 Å². The maximum atomic E-state index is 14.0. The third kappa shape index (κ3) is 3.12. The van der Waals surface area contributed by atoms with Crippen LogP contribution in [0.5, 0.6) is 0 Å². The van der Waals surface area contributed by atoms with Gasteiger partial charge in [0.05, 0.1) is 10.2 Å². The molecule has 90 valence electrons. The van der Waals surface area contributed by atoms with Crippen LogP contribution in [0.25, 0.3) is 0 Å². The zero-order valence-electron chi connectivity index (χ0n) is 9.46. The molecule has 0 aliphatic heterocycles. The highest BCUT2D eigenvalue weighted by Gasteiger charge is 2.13. The molecule has 1 rings (SSSR count). The Labute approximate surface area is 109 Å². The first-order chi connectivity index (χ1) is 7.61. The smallest absolute Gasteiger partial charge is 0.160 e. The van der Waals surface area contributed by atoms with Crippen molar-refractivity contribution in [3.63, 3.8) is 0 Å². The maximum Gasteiger partial charge on any atom is 0.160 e. The number of thioether (sulfide) groups is 1. The molecule has 0 amide bonds. The first-order valence-corrected chi connectivity index (χ1v) is 7.17. The number of rotatable bonds is 5. The molecule has 2 N–H and O–H groups in total. The van der Waals surface area contributed by atoms with Gasteiger partial charge in [0.15, 0.2) is 5.82 Å². The van der Waals surface area contributed by atoms with Crippen LogP contribution in [-0.2, 0) is 6.54 Å². The van der Waals surface area contributed by atoms with E-state index < -0.39 is 0 Å². The maximum absolute atomic E-state index is 14.0. The third-order valence-corrected chi connectivity index (χ3v) is 3.85. The van der Waals surface area contributed by atoms with Gasteiger partial charge in [-0.2, -0.15) is 11.8 Å². The van der Waals surface area contributed by atoms with Gasteiger partial charge < -0.3 is 10.6 Å². The molecule has 0 unspecified atom stereocenters. The van der Waals surface area contributed by atoms with Gasteiger partial charge in [0.1, 0.15) is 0 Å². The van der Waals surface area contributed by atoms with Crippen LogP contribution in [0.3, 0.4) is 0 Å². The minimum Gasteiger partial charge on any atom is -0.371 e. The second kappa shape index (κ2) is 6.47. The van der Waals surface area contributed by atoms with Crippen LogP contribution in [0.15, 0.2) is 16.6 Å². The summed E-state index contributed by atoms with van der Waals surface area (Å²) in [4.78, 5) is 1.91. The average Bonchev–Trinajstić information content (AvgIpc) is 2.29. The van der Waals surface area contributed by atoms with Crippen LogP contribution in [0.1, 0.15) is 5.56 Å². The van der Waals surface area contributed by atoms with Gasteiger partial charge in [-0.05, 0) is 33.8 Å². The summed E-state index contributed by atoms with van der Waals surface area (Å²) in [7, 11) is 1.89. The topological polar surface area (TPSA) is 29.3 Å². The van der Waals surface area contributed by atoms with Gasteiger partial charge >= 0.3 is 0 Å². The summed E-state index contributed by atoms with van der Waals surface area (Å²) in [5, 5.41) is 0. The zero-order valence-corrected chi connectivity index (χ0v) is 11.9. The Bertz CT molecular complexity index is 360. The molecule has 1 aromatic rings. The average molecular weight is 307 g/mol. The van der Waals surface area contributed by atoms with E-state index in [-0.39, 0.29) is 5.82 Å². The van der Waals surface area contributed by atoms with E-state index in [4.69, 9.17) is 5.73 Å². The van der Waals surface area contributed by atoms with Crippen molar-refractivity contribution in [2.24, 2.45) is 5.73 Å². The Hall–Kier alpha value is -0.260. The predicted octanol–water partition coefficient (Wildman–Crippen LogP) is 2.85. The van der Waals surface area contributed by atoms with E-state index >= 15 is 0 Å². The third-order valence-electron chi connectivity index (χ3n) is 2.40. The van der Waals surface area contributed by atoms with E-state index in [1.807, 2.05) is 24.3 Å². The molecular weight excluding hydrogens is 291 g/mol. The number of nitrogens with zero attached hydrogens (tertiary/aromatic N) is 1. The van der Waals surface area contributed by atoms with E-state index in [1.165, 1.54) is 0 Å². The van der Waals surface area contributed by atoms with Crippen LogP contribution in [-0.4, -0.2) is 25.6 Å². The van der Waals surface area contributed by atoms with Crippen molar-refractivity contribution in [2.75, 3.05) is 30.5 Å². The summed E-state index contributed by atoms with van der Waals surface area (Å²) in [5.74, 6) is 0.748. The zero-order chi connectivity index (χ0) is 12.1. The Balaban J connectivity index is 2.93. The fourth-order valence-corrected chi connectivity index (χ4v) is 2.33. The van der Waals surface area contributed by atoms with Gasteiger partial charge in [-0.3, -0.25) is 0 Å². The van der Waals surface area contributed by atoms with Crippen molar-refractivity contribution in [1.29, 1.82) is 0 Å². The van der Waals surface area contributed by atoms with Crippen molar-refractivity contribution < 1.29 is 4.39 Å². The summed E-state index contributed by atoms with van der Waals surface area (Å²) < 4.78 is 14.5. The number of anilines is 1. The SMILES string of the molecule is CSCCN(C)c1ccc(CN)c(Br)c1F. The van der Waals surface area contributed by atoms with Gasteiger partial charge in [0, 0.05) is 25.9 Å². The minimum atomic E-state index is -0.230. The Kier molecular flexibility index (Phi) is 5.58. The molecule has 16 heavy (non-hydrogen) atoms. The van der Waals surface area contributed by atoms with E-state index in [1.54, 1.807) is 17.8 Å². The lowest BCUT2D eigenvalue weighted by atomic mass is 10.2. The largest absolute Gasteiger partial charge is 0.371 e. The lowest BCUT2D eigenvalue weighted by Crippen LogP contribution is -2.21. The Morgan fingerprint density at radius 1 is 1.50 bits per heavy atom. The molecule has 0 aliphatic carbocycles. The van der Waals surface area contributed by atoms with E-state index in [9.17, 15) is 4.39 Å². The standard InChI is InChI=1S/C11H16BrFN2S/c1-15(5-6-16-2)9-4-3-8(7-14)10(12)11(9)13/h3-4H,5-7,14H2,1-2H3. The van der Waals surface area contributed by atoms with Crippen LogP contribution < -0.4 is 10.6 Å². The number of nitrogens with two attached hydrogens (primary N) is 1. The quantitative estimate of drug-likeness (QED) is 0.907. The minimum absolute atomic E-state index is 0.230. The van der Waals surface area contributed by atoms with Crippen molar-refractivity contribution in [3.05, 3.63) is 28.0 Å². The number of benzene rings is 1. The fraction of sp³-hybridized carbons (Fsp3) is 0.455. The highest BCUT2D eigenvalue weighted by molar-refractivity contribution is 9.10. The second-order valence-electron chi connectivity index (χ2n) is 3.49. The first kappa shape index (κ1) is 13.8. The van der Waals surface area contributed by atoms with Crippen molar-refractivity contribution in [2.45, 2.75) is 6.54 Å². The van der Waals surface area contributed by atoms with Crippen molar-refractivity contribution in [1.82, 2.24) is 0 Å². The van der Waals surface area contributed by atoms with Crippen molar-refractivity contribution >= 4 is 33.4 Å². The molecule has 0 fully saturated rings. The predicted molar refractivity (Wildman–Crippen MR) is 73.6 cm³/mol. The van der Waals surface area contributed by atoms with E-state index in [0.29, 0.717) is 16.7 Å². The molecule has 0 saturated carbocycles. The first-order valence-electron chi connectivity index (χ1n) is 4.98. The molecule has 0 bridgehead atoms. The molecule has 0 heterocycles. The number of hydrogen-bond donors (Lipinski definition) is 1. The monoisotopic (exact) mass is 306 g/mol. The van der Waals surface area contributed by atoms with Gasteiger partial charge in [-0.25, -0.2) is 4.39 Å². The molecule has 0 radical (unpaired) electrons. The van der Waals surface area contributed by atoms with Gasteiger partial charge in [0.2, 0.25) is 0 Å². The fourth-order valence-electron chi connectivity index (χ4n) is 1.38. The second-order valence-corrected chi connectivity index (χ2v) is 5.27. The van der Waals surface area contributed by atoms with Gasteiger partial charge in [-0.15, -0.1) is 0 Å². The summed E-state index contributed by atoms with van der Waals surface area (Å²) in [6.45, 7) is 1.17. The van der Waals surface area contributed by atoms with Crippen LogP contribution >= 0.6 is 27.7 Å². The molecule has 2 nitrogen and oxygen atoms in total. The van der Waals surface area contributed by atoms with Crippen LogP contribution in [0.2, 0.25) is 0 Å². The van der Waals surface area contributed by atoms with Crippen molar-refractivity contribution in [3.8, 4) is 0 Å². The van der Waals surface area contributed by atoms with Crippen LogP contribution in [0, 0.1) is 5.82 Å². The van der Waals surface area contributed by atoms with E-state index in [0.717, 1.165) is 17.9 Å². The molecule has 5 heteroatoms. The summed E-state index contributed by atoms with van der Waals surface area (Å²) >= 11 is 4.99. The number of hydrogen-bond acceptors (Lipinski definition) is 3. The molecule has 0 aliphatic rings. The van der Waals surface area contributed by atoms with Gasteiger partial charge in [-0.1, -0.05) is 6.07 Å². The van der Waals surface area contributed by atoms with Gasteiger partial charge in [0.25, 0.3) is 0 Å². The Morgan fingerprint density at radius 2 is 2.19 bits per heavy atom. The highest BCUT2D eigenvalue weighted by Crippen LogP contribution is 2.28. The van der Waals surface area contributed by atoms with E-state index in [2.05, 4.69) is 15.9 Å². The normalized spacial score (nSPS) is 10.6. The highest BCUT2D eigenvalue weighted by atomic mass is 79.9. The molecule has 0 spiro atoms. The Morgan fingerprint density at radius 3 is 2.75 bits per heavy atom. The lowest BCUT2D eigenvalue weighted by molar-refractivity contribution is 0.614. The molecule has 1 aromatic carbocycles. The summed E-state index contributed by atoms with van der Waals surface area (Å²) in [5.41, 5.74) is 6.91. The number of halogens is 2. The molecule has 0 atom stereocenters. The molecule has 0 aromatic heterocycles. The molecule has 0 saturated heterocycles. The lowest BCUT2D eigenvalue weighted by Gasteiger charge is -2.20. The summed E-state index contributed by atoms with van der Waals surface area (Å²) in [6, 6.07) is 3.64. The molecular formula is C11H16BrFN2S. The summed E-state index contributed by atoms with van der Waals surface area (Å²) in [6.07, 6.45) is 2.04.